The van der Waals surface area contributed by atoms with E-state index in [9.17, 15) is 9.59 Å². The molecular formula is C23H22NO3PS. The lowest BCUT2D eigenvalue weighted by Crippen LogP contribution is -2.17. The van der Waals surface area contributed by atoms with Gasteiger partial charge in [0, 0.05) is 11.5 Å². The number of carbonyl (C=O) groups excluding carboxylic acids is 2. The molecule has 1 aliphatic rings. The normalized spacial score (nSPS) is 15.4. The summed E-state index contributed by atoms with van der Waals surface area (Å²) in [5.41, 5.74) is 4.54. The molecule has 29 heavy (non-hydrogen) atoms. The molecule has 0 spiro atoms. The van der Waals surface area contributed by atoms with Crippen molar-refractivity contribution in [1.29, 1.82) is 0 Å². The third-order valence-corrected chi connectivity index (χ3v) is 6.65. The first-order chi connectivity index (χ1) is 14.1. The number of benzene rings is 2. The highest BCUT2D eigenvalue weighted by molar-refractivity contribution is 7.27. The number of ether oxygens (including phenoxy) is 1. The zero-order valence-electron chi connectivity index (χ0n) is 16.1. The zero-order valence-corrected chi connectivity index (χ0v) is 18.1. The van der Waals surface area contributed by atoms with Crippen molar-refractivity contribution in [3.05, 3.63) is 81.7 Å². The molecule has 0 saturated carbocycles. The highest BCUT2D eigenvalue weighted by atomic mass is 32.1. The van der Waals surface area contributed by atoms with Gasteiger partial charge in [-0.15, -0.1) is 20.6 Å². The maximum Gasteiger partial charge on any atom is 0.341 e. The van der Waals surface area contributed by atoms with Gasteiger partial charge in [0.2, 0.25) is 0 Å². The number of rotatable bonds is 4. The summed E-state index contributed by atoms with van der Waals surface area (Å²) in [7, 11) is 3.97. The molecule has 0 fully saturated rings. The lowest BCUT2D eigenvalue weighted by molar-refractivity contribution is 0.0601. The standard InChI is InChI=1S/C23H22NO3PS/c1-27-23(26)20-19(18-8-4-6-14-5-2-3-7-17(14)18)13-29-22(20)24-21(25)15-9-11-16(28)12-10-15/h2-3,5,7,9-13,18H,4,6,8,28H2,1H3,(H,24,25). The average Bonchev–Trinajstić information content (AvgIpc) is 3.16. The molecule has 148 valence electrons. The number of thiophene rings is 1. The second kappa shape index (κ2) is 8.48. The number of hydrogen-bond acceptors (Lipinski definition) is 4. The van der Waals surface area contributed by atoms with Gasteiger partial charge < -0.3 is 10.1 Å². The molecule has 2 atom stereocenters. The Morgan fingerprint density at radius 3 is 2.62 bits per heavy atom. The zero-order chi connectivity index (χ0) is 20.4. The van der Waals surface area contributed by atoms with Gasteiger partial charge in [0.1, 0.15) is 5.00 Å². The number of hydrogen-bond donors (Lipinski definition) is 1. The van der Waals surface area contributed by atoms with Gasteiger partial charge >= 0.3 is 5.97 Å². The first-order valence-corrected chi connectivity index (χ1v) is 11.0. The smallest absolute Gasteiger partial charge is 0.341 e. The lowest BCUT2D eigenvalue weighted by Gasteiger charge is -2.26. The van der Waals surface area contributed by atoms with Crippen molar-refractivity contribution < 1.29 is 14.3 Å². The molecule has 2 aromatic carbocycles. The topological polar surface area (TPSA) is 55.4 Å². The molecule has 0 saturated heterocycles. The van der Waals surface area contributed by atoms with Crippen LogP contribution in [0.1, 0.15) is 56.2 Å². The minimum absolute atomic E-state index is 0.132. The summed E-state index contributed by atoms with van der Waals surface area (Å²) in [5.74, 6) is -0.523. The number of nitrogens with one attached hydrogen (secondary N) is 1. The van der Waals surface area contributed by atoms with Gasteiger partial charge in [-0.2, -0.15) is 0 Å². The molecule has 1 aliphatic carbocycles. The molecule has 1 N–H and O–H groups in total. The van der Waals surface area contributed by atoms with E-state index < -0.39 is 5.97 Å². The van der Waals surface area contributed by atoms with Gasteiger partial charge in [0.15, 0.2) is 0 Å². The van der Waals surface area contributed by atoms with Crippen LogP contribution in [-0.2, 0) is 11.2 Å². The van der Waals surface area contributed by atoms with E-state index in [-0.39, 0.29) is 11.8 Å². The summed E-state index contributed by atoms with van der Waals surface area (Å²) >= 11 is 1.38. The number of carbonyl (C=O) groups is 2. The maximum atomic E-state index is 12.7. The number of fused-ring (bicyclic) bond motifs is 1. The van der Waals surface area contributed by atoms with Crippen LogP contribution in [0.25, 0.3) is 0 Å². The third-order valence-electron chi connectivity index (χ3n) is 5.35. The quantitative estimate of drug-likeness (QED) is 0.487. The van der Waals surface area contributed by atoms with Crippen molar-refractivity contribution in [1.82, 2.24) is 0 Å². The molecule has 4 rings (SSSR count). The van der Waals surface area contributed by atoms with Crippen LogP contribution in [0.3, 0.4) is 0 Å². The summed E-state index contributed by atoms with van der Waals surface area (Å²) in [6.45, 7) is 0. The van der Waals surface area contributed by atoms with Crippen molar-refractivity contribution in [3.63, 3.8) is 0 Å². The number of amides is 1. The van der Waals surface area contributed by atoms with Gasteiger partial charge in [0.05, 0.1) is 12.7 Å². The van der Waals surface area contributed by atoms with E-state index in [0.29, 0.717) is 16.1 Å². The summed E-state index contributed by atoms with van der Waals surface area (Å²) < 4.78 is 5.07. The van der Waals surface area contributed by atoms with Gasteiger partial charge in [-0.05, 0) is 58.8 Å². The second-order valence-electron chi connectivity index (χ2n) is 7.11. The largest absolute Gasteiger partial charge is 0.465 e. The van der Waals surface area contributed by atoms with Crippen LogP contribution in [0, 0.1) is 0 Å². The van der Waals surface area contributed by atoms with Crippen LogP contribution in [0.4, 0.5) is 5.00 Å². The van der Waals surface area contributed by atoms with E-state index in [0.717, 1.165) is 30.1 Å². The van der Waals surface area contributed by atoms with Gasteiger partial charge in [-0.3, -0.25) is 4.79 Å². The molecule has 0 radical (unpaired) electrons. The van der Waals surface area contributed by atoms with Crippen molar-refractivity contribution in [2.75, 3.05) is 12.4 Å². The van der Waals surface area contributed by atoms with E-state index in [2.05, 4.69) is 32.8 Å². The SMILES string of the molecule is COC(=O)c1c(C2CCCc3ccccc32)csc1NC(=O)c1ccc(P)cc1. The van der Waals surface area contributed by atoms with Crippen molar-refractivity contribution in [2.24, 2.45) is 0 Å². The first kappa shape index (κ1) is 19.8. The Morgan fingerprint density at radius 2 is 1.86 bits per heavy atom. The number of aryl methyl sites for hydroxylation is 1. The van der Waals surface area contributed by atoms with Gasteiger partial charge in [0.25, 0.3) is 5.91 Å². The van der Waals surface area contributed by atoms with Crippen molar-refractivity contribution in [2.45, 2.75) is 25.2 Å². The third kappa shape index (κ3) is 3.98. The highest BCUT2D eigenvalue weighted by Gasteiger charge is 2.30. The number of methoxy groups -OCH3 is 1. The van der Waals surface area contributed by atoms with Crippen LogP contribution in [0.2, 0.25) is 0 Å². The molecular weight excluding hydrogens is 401 g/mol. The first-order valence-electron chi connectivity index (χ1n) is 9.53. The Kier molecular flexibility index (Phi) is 5.79. The number of esters is 1. The fourth-order valence-electron chi connectivity index (χ4n) is 3.92. The molecule has 2 unspecified atom stereocenters. The predicted molar refractivity (Wildman–Crippen MR) is 121 cm³/mol. The van der Waals surface area contributed by atoms with E-state index in [1.807, 2.05) is 23.6 Å². The Morgan fingerprint density at radius 1 is 1.10 bits per heavy atom. The van der Waals surface area contributed by atoms with E-state index >= 15 is 0 Å². The highest BCUT2D eigenvalue weighted by Crippen LogP contribution is 2.42. The number of anilines is 1. The Labute approximate surface area is 176 Å². The maximum absolute atomic E-state index is 12.7. The van der Waals surface area contributed by atoms with Crippen LogP contribution in [0.5, 0.6) is 0 Å². The van der Waals surface area contributed by atoms with Crippen molar-refractivity contribution in [3.8, 4) is 0 Å². The lowest BCUT2D eigenvalue weighted by atomic mass is 9.78. The van der Waals surface area contributed by atoms with Gasteiger partial charge in [-0.1, -0.05) is 36.4 Å². The molecule has 1 heterocycles. The summed E-state index contributed by atoms with van der Waals surface area (Å²) in [4.78, 5) is 25.4. The van der Waals surface area contributed by atoms with Crippen LogP contribution < -0.4 is 10.6 Å². The fourth-order valence-corrected chi connectivity index (χ4v) is 5.11. The Hall–Kier alpha value is -2.49. The molecule has 3 aromatic rings. The van der Waals surface area contributed by atoms with Crippen LogP contribution >= 0.6 is 20.6 Å². The fraction of sp³-hybridized carbons (Fsp3) is 0.217. The molecule has 6 heteroatoms. The van der Waals surface area contributed by atoms with E-state index in [1.54, 1.807) is 12.1 Å². The average molecular weight is 423 g/mol. The predicted octanol–water partition coefficient (Wildman–Crippen LogP) is 4.76. The van der Waals surface area contributed by atoms with Crippen LogP contribution in [0.15, 0.2) is 53.9 Å². The van der Waals surface area contributed by atoms with E-state index in [4.69, 9.17) is 4.74 Å². The van der Waals surface area contributed by atoms with E-state index in [1.165, 1.54) is 29.6 Å². The summed E-state index contributed by atoms with van der Waals surface area (Å²) in [6, 6.07) is 15.6. The minimum atomic E-state index is -0.417. The Balaban J connectivity index is 1.70. The summed E-state index contributed by atoms with van der Waals surface area (Å²) in [5, 5.41) is 6.45. The molecule has 0 bridgehead atoms. The van der Waals surface area contributed by atoms with Crippen molar-refractivity contribution >= 4 is 42.8 Å². The van der Waals surface area contributed by atoms with Gasteiger partial charge in [-0.25, -0.2) is 4.79 Å². The summed E-state index contributed by atoms with van der Waals surface area (Å²) in [6.07, 6.45) is 3.10. The Bertz CT molecular complexity index is 1060. The molecule has 4 nitrogen and oxygen atoms in total. The second-order valence-corrected chi connectivity index (χ2v) is 8.65. The molecule has 1 aromatic heterocycles. The molecule has 1 amide bonds. The minimum Gasteiger partial charge on any atom is -0.465 e. The van der Waals surface area contributed by atoms with Crippen LogP contribution in [-0.4, -0.2) is 19.0 Å². The monoisotopic (exact) mass is 423 g/mol. The molecule has 0 aliphatic heterocycles.